The van der Waals surface area contributed by atoms with Gasteiger partial charge in [-0.05, 0) is 32.3 Å². The number of aromatic amines is 1. The van der Waals surface area contributed by atoms with Crippen LogP contribution in [0.4, 0.5) is 0 Å². The molecule has 0 saturated carbocycles. The highest BCUT2D eigenvalue weighted by Crippen LogP contribution is 2.27. The van der Waals surface area contributed by atoms with E-state index in [9.17, 15) is 9.59 Å². The van der Waals surface area contributed by atoms with Crippen molar-refractivity contribution in [3.8, 4) is 0 Å². The number of carbonyl (C=O) groups is 2. The van der Waals surface area contributed by atoms with Crippen molar-refractivity contribution in [2.75, 3.05) is 33.4 Å². The summed E-state index contributed by atoms with van der Waals surface area (Å²) in [7, 11) is 1.34. The van der Waals surface area contributed by atoms with E-state index < -0.39 is 5.97 Å². The van der Waals surface area contributed by atoms with Crippen LogP contribution in [0.5, 0.6) is 0 Å². The molecule has 0 unspecified atom stereocenters. The molecule has 24 heavy (non-hydrogen) atoms. The number of rotatable bonds is 3. The first-order valence-corrected chi connectivity index (χ1v) is 8.33. The number of aromatic nitrogens is 1. The largest absolute Gasteiger partial charge is 0.465 e. The Kier molecular flexibility index (Phi) is 4.91. The summed E-state index contributed by atoms with van der Waals surface area (Å²) >= 11 is 0. The highest BCUT2D eigenvalue weighted by Gasteiger charge is 2.33. The number of methoxy groups -OCH3 is 1. The normalized spacial score (nSPS) is 19.7. The lowest BCUT2D eigenvalue weighted by atomic mass is 9.96. The van der Waals surface area contributed by atoms with E-state index in [-0.39, 0.29) is 12.2 Å². The second-order valence-electron chi connectivity index (χ2n) is 6.36. The summed E-state index contributed by atoms with van der Waals surface area (Å²) in [6, 6.07) is 0. The first-order chi connectivity index (χ1) is 11.5. The van der Waals surface area contributed by atoms with Crippen LogP contribution in [0.2, 0.25) is 0 Å². The molecule has 0 atom stereocenters. The topological polar surface area (TPSA) is 80.9 Å². The van der Waals surface area contributed by atoms with Crippen LogP contribution >= 0.6 is 0 Å². The fourth-order valence-electron chi connectivity index (χ4n) is 3.55. The number of H-pyrrole nitrogens is 1. The van der Waals surface area contributed by atoms with Gasteiger partial charge in [0.1, 0.15) is 5.69 Å². The number of piperidine rings is 1. The molecule has 7 nitrogen and oxygen atoms in total. The Hall–Kier alpha value is -1.86. The first kappa shape index (κ1) is 17.0. The van der Waals surface area contributed by atoms with Gasteiger partial charge in [-0.25, -0.2) is 4.79 Å². The Labute approximate surface area is 141 Å². The van der Waals surface area contributed by atoms with E-state index in [1.165, 1.54) is 7.11 Å². The Morgan fingerprint density at radius 2 is 1.79 bits per heavy atom. The molecular formula is C17H24N2O5. The molecule has 0 aromatic carbocycles. The van der Waals surface area contributed by atoms with Crippen LogP contribution in [-0.2, 0) is 14.2 Å². The second kappa shape index (κ2) is 6.94. The number of hydrogen-bond acceptors (Lipinski definition) is 5. The highest BCUT2D eigenvalue weighted by molar-refractivity contribution is 6.00. The average Bonchev–Trinajstić information content (AvgIpc) is 3.22. The molecule has 132 valence electrons. The van der Waals surface area contributed by atoms with Gasteiger partial charge < -0.3 is 24.1 Å². The van der Waals surface area contributed by atoms with E-state index in [4.69, 9.17) is 14.2 Å². The van der Waals surface area contributed by atoms with Gasteiger partial charge in [-0.15, -0.1) is 0 Å². The standard InChI is InChI=1S/C17H24N2O5/c1-10-13(16(21)22-3)11(2)18-14(10)15(20)19-6-4-12(5-7-19)17-23-8-9-24-17/h12,17-18H,4-9H2,1-3H3. The van der Waals surface area contributed by atoms with Crippen molar-refractivity contribution in [1.29, 1.82) is 0 Å². The molecule has 0 bridgehead atoms. The van der Waals surface area contributed by atoms with E-state index >= 15 is 0 Å². The van der Waals surface area contributed by atoms with E-state index in [0.29, 0.717) is 54.7 Å². The van der Waals surface area contributed by atoms with Crippen molar-refractivity contribution in [1.82, 2.24) is 9.88 Å². The van der Waals surface area contributed by atoms with Crippen molar-refractivity contribution in [3.05, 3.63) is 22.5 Å². The zero-order valence-corrected chi connectivity index (χ0v) is 14.4. The van der Waals surface area contributed by atoms with Gasteiger partial charge in [0.2, 0.25) is 0 Å². The van der Waals surface area contributed by atoms with Gasteiger partial charge in [0.25, 0.3) is 5.91 Å². The van der Waals surface area contributed by atoms with Crippen molar-refractivity contribution < 1.29 is 23.8 Å². The van der Waals surface area contributed by atoms with Crippen LogP contribution in [-0.4, -0.2) is 61.5 Å². The smallest absolute Gasteiger partial charge is 0.339 e. The highest BCUT2D eigenvalue weighted by atomic mass is 16.7. The Bertz CT molecular complexity index is 625. The summed E-state index contributed by atoms with van der Waals surface area (Å²) < 4.78 is 15.9. The summed E-state index contributed by atoms with van der Waals surface area (Å²) in [5.41, 5.74) is 2.22. The predicted molar refractivity (Wildman–Crippen MR) is 85.9 cm³/mol. The number of nitrogens with zero attached hydrogens (tertiary/aromatic N) is 1. The molecule has 3 rings (SSSR count). The maximum absolute atomic E-state index is 12.8. The SMILES string of the molecule is COC(=O)c1c(C)[nH]c(C(=O)N2CCC(C3OCCO3)CC2)c1C. The van der Waals surface area contributed by atoms with Crippen LogP contribution in [0.15, 0.2) is 0 Å². The van der Waals surface area contributed by atoms with Crippen molar-refractivity contribution in [3.63, 3.8) is 0 Å². The quantitative estimate of drug-likeness (QED) is 0.849. The monoisotopic (exact) mass is 336 g/mol. The lowest BCUT2D eigenvalue weighted by molar-refractivity contribution is -0.0956. The average molecular weight is 336 g/mol. The van der Waals surface area contributed by atoms with Gasteiger partial charge in [-0.1, -0.05) is 0 Å². The van der Waals surface area contributed by atoms with Crippen LogP contribution in [0.25, 0.3) is 0 Å². The number of nitrogens with one attached hydrogen (secondary N) is 1. The van der Waals surface area contributed by atoms with Crippen molar-refractivity contribution in [2.24, 2.45) is 5.92 Å². The number of ether oxygens (including phenoxy) is 3. The minimum absolute atomic E-state index is 0.0718. The molecule has 2 saturated heterocycles. The van der Waals surface area contributed by atoms with Crippen molar-refractivity contribution >= 4 is 11.9 Å². The maximum atomic E-state index is 12.8. The Morgan fingerprint density at radius 1 is 1.17 bits per heavy atom. The van der Waals surface area contributed by atoms with Gasteiger partial charge in [-0.3, -0.25) is 4.79 Å². The molecule has 1 aromatic rings. The number of amides is 1. The molecule has 0 aliphatic carbocycles. The maximum Gasteiger partial charge on any atom is 0.339 e. The zero-order chi connectivity index (χ0) is 17.3. The fourth-order valence-corrected chi connectivity index (χ4v) is 3.55. The predicted octanol–water partition coefficient (Wildman–Crippen LogP) is 1.64. The lowest BCUT2D eigenvalue weighted by Gasteiger charge is -2.33. The molecular weight excluding hydrogens is 312 g/mol. The number of carbonyl (C=O) groups excluding carboxylic acids is 2. The number of aryl methyl sites for hydroxylation is 1. The third-order valence-corrected chi connectivity index (χ3v) is 4.90. The second-order valence-corrected chi connectivity index (χ2v) is 6.36. The number of hydrogen-bond donors (Lipinski definition) is 1. The van der Waals surface area contributed by atoms with E-state index in [1.54, 1.807) is 13.8 Å². The summed E-state index contributed by atoms with van der Waals surface area (Å²) in [6.07, 6.45) is 1.60. The molecule has 0 radical (unpaired) electrons. The van der Waals surface area contributed by atoms with Crippen LogP contribution in [0.3, 0.4) is 0 Å². The molecule has 2 aliphatic heterocycles. The van der Waals surface area contributed by atoms with Gasteiger partial charge in [0.15, 0.2) is 6.29 Å². The van der Waals surface area contributed by atoms with E-state index in [1.807, 2.05) is 4.90 Å². The zero-order valence-electron chi connectivity index (χ0n) is 14.4. The molecule has 1 aromatic heterocycles. The molecule has 0 spiro atoms. The first-order valence-electron chi connectivity index (χ1n) is 8.33. The third-order valence-electron chi connectivity index (χ3n) is 4.90. The number of likely N-dealkylation sites (tertiary alicyclic amines) is 1. The van der Waals surface area contributed by atoms with Crippen molar-refractivity contribution in [2.45, 2.75) is 33.0 Å². The van der Waals surface area contributed by atoms with Gasteiger partial charge in [0.05, 0.1) is 25.9 Å². The summed E-state index contributed by atoms with van der Waals surface area (Å²) in [5.74, 6) is -0.152. The molecule has 7 heteroatoms. The fraction of sp³-hybridized carbons (Fsp3) is 0.647. The van der Waals surface area contributed by atoms with E-state index in [0.717, 1.165) is 12.8 Å². The van der Waals surface area contributed by atoms with Crippen LogP contribution in [0.1, 0.15) is 44.9 Å². The summed E-state index contributed by atoms with van der Waals surface area (Å²) in [4.78, 5) is 29.5. The molecule has 1 N–H and O–H groups in total. The molecule has 1 amide bonds. The molecule has 2 fully saturated rings. The molecule has 3 heterocycles. The number of esters is 1. The molecule has 2 aliphatic rings. The minimum atomic E-state index is -0.422. The summed E-state index contributed by atoms with van der Waals surface area (Å²) in [6.45, 7) is 6.19. The van der Waals surface area contributed by atoms with Crippen LogP contribution < -0.4 is 0 Å². The van der Waals surface area contributed by atoms with E-state index in [2.05, 4.69) is 4.98 Å². The third kappa shape index (κ3) is 3.06. The van der Waals surface area contributed by atoms with Gasteiger partial charge in [-0.2, -0.15) is 0 Å². The van der Waals surface area contributed by atoms with Crippen LogP contribution in [0, 0.1) is 19.8 Å². The van der Waals surface area contributed by atoms with Gasteiger partial charge >= 0.3 is 5.97 Å². The lowest BCUT2D eigenvalue weighted by Crippen LogP contribution is -2.41. The Morgan fingerprint density at radius 3 is 2.38 bits per heavy atom. The Balaban J connectivity index is 1.68. The van der Waals surface area contributed by atoms with Gasteiger partial charge in [0, 0.05) is 24.7 Å². The summed E-state index contributed by atoms with van der Waals surface area (Å²) in [5, 5.41) is 0. The minimum Gasteiger partial charge on any atom is -0.465 e.